The van der Waals surface area contributed by atoms with Crippen LogP contribution < -0.4 is 0 Å². The second-order valence-corrected chi connectivity index (χ2v) is 7.61. The molecule has 0 aliphatic rings. The highest BCUT2D eigenvalue weighted by molar-refractivity contribution is 6.10. The van der Waals surface area contributed by atoms with Crippen molar-refractivity contribution in [2.24, 2.45) is 0 Å². The van der Waals surface area contributed by atoms with Crippen molar-refractivity contribution in [2.75, 3.05) is 6.61 Å². The van der Waals surface area contributed by atoms with E-state index in [1.54, 1.807) is 42.5 Å². The van der Waals surface area contributed by atoms with Crippen LogP contribution in [-0.4, -0.2) is 23.3 Å². The molecule has 0 N–H and O–H groups in total. The maximum Gasteiger partial charge on any atom is 0.339 e. The third-order valence-corrected chi connectivity index (χ3v) is 5.50. The van der Waals surface area contributed by atoms with Crippen LogP contribution in [0, 0.1) is 5.82 Å². The number of hydrogen-bond acceptors (Lipinski definition) is 4. The average molecular weight is 435 g/mol. The third-order valence-electron chi connectivity index (χ3n) is 5.50. The number of nitrogens with zero attached hydrogens (tertiary/aromatic N) is 1. The number of benzene rings is 4. The SMILES string of the molecule is O=C(COC(=O)c1cc(-c2ccc(F)cc2)nc2ccccc12)c1cccc2ccccc12. The molecule has 4 aromatic carbocycles. The standard InChI is InChI=1S/C28H18FNO3/c29-20-14-12-19(13-15-20)26-16-24(22-9-3-4-11-25(22)30-26)28(32)33-17-27(31)23-10-5-7-18-6-1-2-8-21(18)23/h1-16H,17H2. The lowest BCUT2D eigenvalue weighted by Gasteiger charge is -2.11. The van der Waals surface area contributed by atoms with Gasteiger partial charge in [0.25, 0.3) is 0 Å². The van der Waals surface area contributed by atoms with E-state index < -0.39 is 5.97 Å². The van der Waals surface area contributed by atoms with Crippen LogP contribution in [0.2, 0.25) is 0 Å². The van der Waals surface area contributed by atoms with E-state index in [0.29, 0.717) is 33.3 Å². The molecule has 0 amide bonds. The number of ether oxygens (including phenoxy) is 1. The van der Waals surface area contributed by atoms with Gasteiger partial charge >= 0.3 is 5.97 Å². The Morgan fingerprint density at radius 2 is 1.45 bits per heavy atom. The van der Waals surface area contributed by atoms with Crippen molar-refractivity contribution in [1.82, 2.24) is 4.98 Å². The molecule has 5 heteroatoms. The molecule has 0 saturated heterocycles. The van der Waals surface area contributed by atoms with Crippen molar-refractivity contribution >= 4 is 33.4 Å². The minimum Gasteiger partial charge on any atom is -0.454 e. The van der Waals surface area contributed by atoms with Crippen LogP contribution in [0.5, 0.6) is 0 Å². The Morgan fingerprint density at radius 3 is 2.27 bits per heavy atom. The van der Waals surface area contributed by atoms with Gasteiger partial charge in [0.05, 0.1) is 16.8 Å². The summed E-state index contributed by atoms with van der Waals surface area (Å²) in [5.74, 6) is -1.26. The van der Waals surface area contributed by atoms with Crippen molar-refractivity contribution < 1.29 is 18.7 Å². The number of hydrogen-bond donors (Lipinski definition) is 0. The summed E-state index contributed by atoms with van der Waals surface area (Å²) in [5, 5.41) is 2.37. The maximum atomic E-state index is 13.3. The summed E-state index contributed by atoms with van der Waals surface area (Å²) in [6.07, 6.45) is 0. The van der Waals surface area contributed by atoms with Gasteiger partial charge in [0.2, 0.25) is 5.78 Å². The van der Waals surface area contributed by atoms with E-state index in [-0.39, 0.29) is 18.2 Å². The van der Waals surface area contributed by atoms with Gasteiger partial charge in [-0.1, -0.05) is 60.7 Å². The second kappa shape index (κ2) is 8.63. The fourth-order valence-electron chi connectivity index (χ4n) is 3.87. The summed E-state index contributed by atoms with van der Waals surface area (Å²) in [7, 11) is 0. The molecule has 0 aliphatic carbocycles. The Bertz CT molecular complexity index is 1500. The van der Waals surface area contributed by atoms with Gasteiger partial charge in [0, 0.05) is 16.5 Å². The number of Topliss-reactive ketones (excluding diaryl/α,β-unsaturated/α-hetero) is 1. The number of esters is 1. The van der Waals surface area contributed by atoms with Crippen molar-refractivity contribution in [3.05, 3.63) is 114 Å². The van der Waals surface area contributed by atoms with Crippen LogP contribution in [0.4, 0.5) is 4.39 Å². The van der Waals surface area contributed by atoms with E-state index in [9.17, 15) is 14.0 Å². The summed E-state index contributed by atoms with van der Waals surface area (Å²) >= 11 is 0. The highest BCUT2D eigenvalue weighted by Gasteiger charge is 2.18. The lowest BCUT2D eigenvalue weighted by Crippen LogP contribution is -2.15. The first-order chi connectivity index (χ1) is 16.1. The van der Waals surface area contributed by atoms with E-state index in [1.807, 2.05) is 42.5 Å². The normalized spacial score (nSPS) is 10.9. The molecule has 0 unspecified atom stereocenters. The number of rotatable bonds is 5. The molecule has 0 fully saturated rings. The molecule has 0 radical (unpaired) electrons. The molecule has 1 heterocycles. The fraction of sp³-hybridized carbons (Fsp3) is 0.0357. The Labute approximate surface area is 189 Å². The maximum absolute atomic E-state index is 13.3. The zero-order valence-corrected chi connectivity index (χ0v) is 17.5. The first-order valence-corrected chi connectivity index (χ1v) is 10.4. The minimum absolute atomic E-state index is 0.280. The van der Waals surface area contributed by atoms with Crippen molar-refractivity contribution in [3.63, 3.8) is 0 Å². The second-order valence-electron chi connectivity index (χ2n) is 7.61. The lowest BCUT2D eigenvalue weighted by molar-refractivity contribution is 0.0477. The average Bonchev–Trinajstić information content (AvgIpc) is 2.86. The summed E-state index contributed by atoms with van der Waals surface area (Å²) in [6.45, 7) is -0.380. The first-order valence-electron chi connectivity index (χ1n) is 10.4. The highest BCUT2D eigenvalue weighted by Crippen LogP contribution is 2.26. The van der Waals surface area contributed by atoms with E-state index in [0.717, 1.165) is 10.8 Å². The summed E-state index contributed by atoms with van der Waals surface area (Å²) < 4.78 is 18.8. The summed E-state index contributed by atoms with van der Waals surface area (Å²) in [5.41, 5.74) is 2.59. The number of fused-ring (bicyclic) bond motifs is 2. The molecular weight excluding hydrogens is 417 g/mol. The van der Waals surface area contributed by atoms with E-state index >= 15 is 0 Å². The van der Waals surface area contributed by atoms with Crippen LogP contribution in [0.15, 0.2) is 97.1 Å². The number of carbonyl (C=O) groups excluding carboxylic acids is 2. The molecule has 5 rings (SSSR count). The summed E-state index contributed by atoms with van der Waals surface area (Å²) in [6, 6.07) is 27.7. The van der Waals surface area contributed by atoms with E-state index in [1.165, 1.54) is 12.1 Å². The number of ketones is 1. The smallest absolute Gasteiger partial charge is 0.339 e. The molecule has 160 valence electrons. The van der Waals surface area contributed by atoms with Crippen LogP contribution in [0.25, 0.3) is 32.9 Å². The molecule has 0 spiro atoms. The molecule has 0 aliphatic heterocycles. The Balaban J connectivity index is 1.45. The zero-order valence-electron chi connectivity index (χ0n) is 17.5. The van der Waals surface area contributed by atoms with Gasteiger partial charge in [-0.2, -0.15) is 0 Å². The van der Waals surface area contributed by atoms with Gasteiger partial charge in [-0.05, 0) is 47.2 Å². The van der Waals surface area contributed by atoms with Crippen molar-refractivity contribution in [3.8, 4) is 11.3 Å². The highest BCUT2D eigenvalue weighted by atomic mass is 19.1. The molecule has 0 atom stereocenters. The molecule has 33 heavy (non-hydrogen) atoms. The molecule has 4 nitrogen and oxygen atoms in total. The van der Waals surface area contributed by atoms with Gasteiger partial charge in [-0.25, -0.2) is 14.2 Å². The number of aromatic nitrogens is 1. The summed E-state index contributed by atoms with van der Waals surface area (Å²) in [4.78, 5) is 30.5. The number of carbonyl (C=O) groups is 2. The van der Waals surface area contributed by atoms with Crippen LogP contribution in [-0.2, 0) is 4.74 Å². The van der Waals surface area contributed by atoms with Gasteiger partial charge in [0.1, 0.15) is 5.82 Å². The van der Waals surface area contributed by atoms with Gasteiger partial charge in [-0.15, -0.1) is 0 Å². The first kappa shape index (κ1) is 20.5. The number of halogens is 1. The number of pyridine rings is 1. The van der Waals surface area contributed by atoms with E-state index in [4.69, 9.17) is 4.74 Å². The van der Waals surface area contributed by atoms with Gasteiger partial charge < -0.3 is 4.74 Å². The monoisotopic (exact) mass is 435 g/mol. The third kappa shape index (κ3) is 4.08. The molecule has 0 saturated carbocycles. The van der Waals surface area contributed by atoms with Crippen LogP contribution in [0.3, 0.4) is 0 Å². The molecule has 5 aromatic rings. The minimum atomic E-state index is -0.620. The molecule has 0 bridgehead atoms. The largest absolute Gasteiger partial charge is 0.454 e. The van der Waals surface area contributed by atoms with E-state index in [2.05, 4.69) is 4.98 Å². The molecular formula is C28H18FNO3. The Hall–Kier alpha value is -4.38. The number of para-hydroxylation sites is 1. The Kier molecular flexibility index (Phi) is 5.37. The predicted molar refractivity (Wildman–Crippen MR) is 126 cm³/mol. The predicted octanol–water partition coefficient (Wildman–Crippen LogP) is 6.23. The van der Waals surface area contributed by atoms with Crippen LogP contribution in [0.1, 0.15) is 20.7 Å². The van der Waals surface area contributed by atoms with Crippen LogP contribution >= 0.6 is 0 Å². The quantitative estimate of drug-likeness (QED) is 0.242. The van der Waals surface area contributed by atoms with Crippen molar-refractivity contribution in [1.29, 1.82) is 0 Å². The topological polar surface area (TPSA) is 56.3 Å². The van der Waals surface area contributed by atoms with Crippen molar-refractivity contribution in [2.45, 2.75) is 0 Å². The fourth-order valence-corrected chi connectivity index (χ4v) is 3.87. The van der Waals surface area contributed by atoms with Gasteiger partial charge in [0.15, 0.2) is 6.61 Å². The Morgan fingerprint density at radius 1 is 0.758 bits per heavy atom. The van der Waals surface area contributed by atoms with Gasteiger partial charge in [-0.3, -0.25) is 4.79 Å². The molecule has 1 aromatic heterocycles. The lowest BCUT2D eigenvalue weighted by atomic mass is 10.0. The zero-order chi connectivity index (χ0) is 22.8.